The topological polar surface area (TPSA) is 60.0 Å². The summed E-state index contributed by atoms with van der Waals surface area (Å²) in [4.78, 5) is 14.7. The van der Waals surface area contributed by atoms with E-state index in [4.69, 9.17) is 24.2 Å². The van der Waals surface area contributed by atoms with Crippen LogP contribution >= 0.6 is 0 Å². The lowest BCUT2D eigenvalue weighted by Gasteiger charge is -2.38. The molecule has 0 spiro atoms. The molecule has 320 valence electrons. The molecular formula is C50H64F2N4O3Si. The van der Waals surface area contributed by atoms with Gasteiger partial charge >= 0.3 is 6.01 Å². The Balaban J connectivity index is 1.16. The Morgan fingerprint density at radius 1 is 0.867 bits per heavy atom. The first-order chi connectivity index (χ1) is 28.9. The van der Waals surface area contributed by atoms with E-state index in [2.05, 4.69) is 62.8 Å². The molecule has 4 atom stereocenters. The van der Waals surface area contributed by atoms with Crippen molar-refractivity contribution in [2.24, 2.45) is 29.1 Å². The number of halogens is 2. The van der Waals surface area contributed by atoms with E-state index < -0.39 is 19.7 Å². The Bertz CT molecular complexity index is 2270. The van der Waals surface area contributed by atoms with Crippen LogP contribution in [0.2, 0.25) is 16.6 Å². The predicted octanol–water partition coefficient (Wildman–Crippen LogP) is 11.4. The van der Waals surface area contributed by atoms with Crippen molar-refractivity contribution in [2.45, 2.75) is 110 Å². The van der Waals surface area contributed by atoms with Crippen molar-refractivity contribution in [1.82, 2.24) is 14.9 Å². The summed E-state index contributed by atoms with van der Waals surface area (Å²) in [5, 5.41) is 1.85. The van der Waals surface area contributed by atoms with Gasteiger partial charge in [0, 0.05) is 67.1 Å². The molecule has 4 aromatic rings. The summed E-state index contributed by atoms with van der Waals surface area (Å²) in [5.74, 6) is 6.01. The van der Waals surface area contributed by atoms with Crippen molar-refractivity contribution in [2.75, 3.05) is 58.1 Å². The third-order valence-corrected chi connectivity index (χ3v) is 21.7. The van der Waals surface area contributed by atoms with Crippen LogP contribution in [0, 0.1) is 52.2 Å². The average molecular weight is 835 g/mol. The lowest BCUT2D eigenvalue weighted by atomic mass is 9.92. The Morgan fingerprint density at radius 3 is 2.22 bits per heavy atom. The highest BCUT2D eigenvalue weighted by atomic mass is 28.3. The van der Waals surface area contributed by atoms with Crippen molar-refractivity contribution >= 4 is 35.6 Å². The van der Waals surface area contributed by atoms with E-state index in [9.17, 15) is 0 Å². The van der Waals surface area contributed by atoms with E-state index in [1.54, 1.807) is 13.2 Å². The van der Waals surface area contributed by atoms with Gasteiger partial charge in [0.2, 0.25) is 0 Å². The van der Waals surface area contributed by atoms with Crippen molar-refractivity contribution in [3.8, 4) is 34.4 Å². The molecule has 2 saturated heterocycles. The van der Waals surface area contributed by atoms with Gasteiger partial charge in [-0.1, -0.05) is 66.0 Å². The molecule has 0 amide bonds. The number of benzene rings is 3. The molecule has 3 aliphatic carbocycles. The minimum absolute atomic E-state index is 0.00602. The van der Waals surface area contributed by atoms with Gasteiger partial charge in [0.1, 0.15) is 31.0 Å². The standard InChI is InChI=1S/C50H64F2N4O3Si/c1-31(2)60(32(3)4,33(5)6)19-16-36-10-8-11-37-21-40(59-30-57-7)22-41(44(36)37)45-43(51)23-42-47(46(45)52)53-49(54-48(42)56-24-34-14-15-35(20-34)25-56)58-29-50(17-18-50)28-55-26-38-12-9-13-39(38)27-55/h8,10-11,21-23,31-35,38-39H,9,12-15,17-18,20,24-30H2,1-7H3. The van der Waals surface area contributed by atoms with Crippen LogP contribution in [0.1, 0.15) is 98.5 Å². The molecule has 3 aromatic carbocycles. The van der Waals surface area contributed by atoms with Crippen molar-refractivity contribution in [3.05, 3.63) is 53.6 Å². The maximum atomic E-state index is 17.8. The number of ether oxygens (including phenoxy) is 3. The van der Waals surface area contributed by atoms with E-state index in [0.29, 0.717) is 63.0 Å². The number of hydrogen-bond acceptors (Lipinski definition) is 7. The van der Waals surface area contributed by atoms with Crippen molar-refractivity contribution in [1.29, 1.82) is 0 Å². The number of hydrogen-bond donors (Lipinski definition) is 0. The van der Waals surface area contributed by atoms with Crippen LogP contribution in [-0.4, -0.2) is 76.2 Å². The van der Waals surface area contributed by atoms with Gasteiger partial charge in [-0.05, 0) is 115 Å². The molecule has 5 fully saturated rings. The van der Waals surface area contributed by atoms with Crippen molar-refractivity contribution in [3.63, 3.8) is 0 Å². The van der Waals surface area contributed by atoms with Crippen LogP contribution in [0.5, 0.6) is 11.8 Å². The van der Waals surface area contributed by atoms with E-state index in [-0.39, 0.29) is 29.3 Å². The Kier molecular flexibility index (Phi) is 11.4. The van der Waals surface area contributed by atoms with E-state index in [1.807, 2.05) is 24.3 Å². The van der Waals surface area contributed by atoms with Crippen LogP contribution in [-0.2, 0) is 4.74 Å². The van der Waals surface area contributed by atoms with Crippen LogP contribution in [0.3, 0.4) is 0 Å². The maximum Gasteiger partial charge on any atom is 0.319 e. The fraction of sp³-hybridized carbons (Fsp3) is 0.600. The van der Waals surface area contributed by atoms with Crippen LogP contribution < -0.4 is 14.4 Å². The summed E-state index contributed by atoms with van der Waals surface area (Å²) in [6, 6.07) is 11.1. The molecule has 2 bridgehead atoms. The normalized spacial score (nSPS) is 23.6. The molecule has 1 aromatic heterocycles. The Labute approximate surface area is 357 Å². The molecule has 60 heavy (non-hydrogen) atoms. The van der Waals surface area contributed by atoms with E-state index in [1.165, 1.54) is 57.7 Å². The van der Waals surface area contributed by atoms with Crippen LogP contribution in [0.4, 0.5) is 14.6 Å². The van der Waals surface area contributed by atoms with Crippen LogP contribution in [0.15, 0.2) is 36.4 Å². The Morgan fingerprint density at radius 2 is 1.57 bits per heavy atom. The molecule has 5 aliphatic rings. The zero-order valence-corrected chi connectivity index (χ0v) is 37.9. The number of rotatable bonds is 13. The minimum atomic E-state index is -2.14. The van der Waals surface area contributed by atoms with Crippen LogP contribution in [0.25, 0.3) is 32.8 Å². The second-order valence-corrected chi connectivity index (χ2v) is 25.8. The molecule has 7 nitrogen and oxygen atoms in total. The third kappa shape index (κ3) is 7.70. The Hall–Kier alpha value is -3.78. The predicted molar refractivity (Wildman–Crippen MR) is 240 cm³/mol. The number of anilines is 1. The van der Waals surface area contributed by atoms with Crippen molar-refractivity contribution < 1.29 is 23.0 Å². The van der Waals surface area contributed by atoms with Gasteiger partial charge < -0.3 is 24.0 Å². The number of aromatic nitrogens is 2. The molecule has 10 heteroatoms. The molecule has 3 heterocycles. The SMILES string of the molecule is COCOc1cc(-c2c(F)cc3c(N4CC5CCC(C5)C4)nc(OCC4(CN5CC6CCCC6C5)CC4)nc3c2F)c2c(C#C[Si](C(C)C)(C(C)C)C(C)C)cccc2c1. The lowest BCUT2D eigenvalue weighted by molar-refractivity contribution is 0.0512. The van der Waals surface area contributed by atoms with Gasteiger partial charge in [0.25, 0.3) is 0 Å². The maximum absolute atomic E-state index is 17.8. The summed E-state index contributed by atoms with van der Waals surface area (Å²) >= 11 is 0. The molecule has 0 radical (unpaired) electrons. The highest BCUT2D eigenvalue weighted by Crippen LogP contribution is 2.50. The summed E-state index contributed by atoms with van der Waals surface area (Å²) in [6.45, 7) is 19.3. The van der Waals surface area contributed by atoms with E-state index >= 15 is 8.78 Å². The fourth-order valence-electron chi connectivity index (χ4n) is 12.3. The number of likely N-dealkylation sites (tertiary alicyclic amines) is 1. The molecular weight excluding hydrogens is 771 g/mol. The first kappa shape index (κ1) is 41.6. The molecule has 3 saturated carbocycles. The van der Waals surface area contributed by atoms with Gasteiger partial charge in [-0.15, -0.1) is 5.54 Å². The molecule has 9 rings (SSSR count). The second kappa shape index (κ2) is 16.5. The smallest absolute Gasteiger partial charge is 0.319 e. The summed E-state index contributed by atoms with van der Waals surface area (Å²) < 4.78 is 52.8. The minimum Gasteiger partial charge on any atom is -0.468 e. The summed E-state index contributed by atoms with van der Waals surface area (Å²) in [7, 11) is -0.583. The highest BCUT2D eigenvalue weighted by Gasteiger charge is 2.48. The monoisotopic (exact) mass is 834 g/mol. The number of nitrogens with zero attached hydrogens (tertiary/aromatic N) is 4. The highest BCUT2D eigenvalue weighted by molar-refractivity contribution is 6.90. The number of fused-ring (bicyclic) bond motifs is 5. The third-order valence-electron chi connectivity index (χ3n) is 15.4. The molecule has 4 unspecified atom stereocenters. The summed E-state index contributed by atoms with van der Waals surface area (Å²) in [6.07, 6.45) is 9.85. The van der Waals surface area contributed by atoms with Gasteiger partial charge in [0.05, 0.1) is 12.2 Å². The second-order valence-electron chi connectivity index (χ2n) is 20.2. The molecule has 2 aliphatic heterocycles. The molecule has 0 N–H and O–H groups in total. The van der Waals surface area contributed by atoms with Gasteiger partial charge in [-0.25, -0.2) is 8.78 Å². The average Bonchev–Trinajstić information content (AvgIpc) is 3.45. The zero-order chi connectivity index (χ0) is 41.9. The quantitative estimate of drug-likeness (QED) is 0.0755. The largest absolute Gasteiger partial charge is 0.468 e. The number of piperidine rings is 1. The summed E-state index contributed by atoms with van der Waals surface area (Å²) in [5.41, 5.74) is 6.25. The number of methoxy groups -OCH3 is 1. The van der Waals surface area contributed by atoms with E-state index in [0.717, 1.165) is 55.3 Å². The first-order valence-corrected chi connectivity index (χ1v) is 25.1. The van der Waals surface area contributed by atoms with Gasteiger partial charge in [-0.2, -0.15) is 9.97 Å². The van der Waals surface area contributed by atoms with Gasteiger partial charge in [-0.3, -0.25) is 0 Å². The first-order valence-electron chi connectivity index (χ1n) is 22.9. The zero-order valence-electron chi connectivity index (χ0n) is 36.9. The lowest BCUT2D eigenvalue weighted by Crippen LogP contribution is -2.43. The van der Waals surface area contributed by atoms with Gasteiger partial charge in [0.15, 0.2) is 12.6 Å². The fourth-order valence-corrected chi connectivity index (χ4v) is 17.5.